The van der Waals surface area contributed by atoms with E-state index in [1.54, 1.807) is 42.6 Å². The number of nitrogens with zero attached hydrogens (tertiary/aromatic N) is 3. The summed E-state index contributed by atoms with van der Waals surface area (Å²) in [6, 6.07) is 11.7. The van der Waals surface area contributed by atoms with E-state index in [0.29, 0.717) is 23.1 Å². The second-order valence-corrected chi connectivity index (χ2v) is 5.10. The van der Waals surface area contributed by atoms with Crippen LogP contribution in [-0.4, -0.2) is 20.4 Å². The Balaban J connectivity index is 1.96. The molecule has 1 aromatic carbocycles. The highest BCUT2D eigenvalue weighted by atomic mass is 16.2. The SMILES string of the molecule is CC[C@@H](C(=O)Nc1ccccn1)n1cnc2ccccc2c1=O. The average Bonchev–Trinajstić information content (AvgIpc) is 2.58. The fourth-order valence-electron chi connectivity index (χ4n) is 2.46. The van der Waals surface area contributed by atoms with E-state index in [9.17, 15) is 9.59 Å². The predicted octanol–water partition coefficient (Wildman–Crippen LogP) is 2.38. The Morgan fingerprint density at radius 1 is 1.17 bits per heavy atom. The summed E-state index contributed by atoms with van der Waals surface area (Å²) >= 11 is 0. The number of hydrogen-bond acceptors (Lipinski definition) is 4. The van der Waals surface area contributed by atoms with Crippen LogP contribution in [0.2, 0.25) is 0 Å². The maximum atomic E-state index is 12.6. The van der Waals surface area contributed by atoms with Gasteiger partial charge in [-0.15, -0.1) is 0 Å². The first-order valence-electron chi connectivity index (χ1n) is 7.38. The van der Waals surface area contributed by atoms with Crippen molar-refractivity contribution in [1.82, 2.24) is 14.5 Å². The molecule has 0 saturated heterocycles. The summed E-state index contributed by atoms with van der Waals surface area (Å²) in [6.45, 7) is 1.85. The smallest absolute Gasteiger partial charge is 0.261 e. The summed E-state index contributed by atoms with van der Waals surface area (Å²) in [5.74, 6) is 0.170. The molecule has 0 spiro atoms. The van der Waals surface area contributed by atoms with Crippen LogP contribution in [0.3, 0.4) is 0 Å². The number of fused-ring (bicyclic) bond motifs is 1. The minimum atomic E-state index is -0.637. The second kappa shape index (κ2) is 6.39. The Labute approximate surface area is 132 Å². The Bertz CT molecular complexity index is 890. The molecule has 3 rings (SSSR count). The van der Waals surface area contributed by atoms with Gasteiger partial charge in [0.05, 0.1) is 17.2 Å². The minimum Gasteiger partial charge on any atom is -0.309 e. The van der Waals surface area contributed by atoms with Crippen molar-refractivity contribution in [3.05, 3.63) is 65.3 Å². The van der Waals surface area contributed by atoms with Crippen molar-refractivity contribution >= 4 is 22.6 Å². The van der Waals surface area contributed by atoms with Crippen LogP contribution in [0, 0.1) is 0 Å². The van der Waals surface area contributed by atoms with Crippen molar-refractivity contribution in [1.29, 1.82) is 0 Å². The highest BCUT2D eigenvalue weighted by molar-refractivity contribution is 5.93. The van der Waals surface area contributed by atoms with Crippen LogP contribution in [-0.2, 0) is 4.79 Å². The van der Waals surface area contributed by atoms with E-state index in [1.165, 1.54) is 10.9 Å². The number of rotatable bonds is 4. The molecule has 0 aliphatic carbocycles. The number of pyridine rings is 1. The van der Waals surface area contributed by atoms with Crippen LogP contribution < -0.4 is 10.9 Å². The Hall–Kier alpha value is -3.02. The van der Waals surface area contributed by atoms with Crippen molar-refractivity contribution in [3.8, 4) is 0 Å². The molecule has 0 aliphatic rings. The molecule has 0 bridgehead atoms. The zero-order valence-corrected chi connectivity index (χ0v) is 12.6. The van der Waals surface area contributed by atoms with Gasteiger partial charge in [-0.25, -0.2) is 9.97 Å². The summed E-state index contributed by atoms with van der Waals surface area (Å²) in [5.41, 5.74) is 0.396. The van der Waals surface area contributed by atoms with Gasteiger partial charge >= 0.3 is 0 Å². The minimum absolute atomic E-state index is 0.223. The van der Waals surface area contributed by atoms with Gasteiger partial charge in [-0.05, 0) is 30.7 Å². The molecule has 1 amide bonds. The fourth-order valence-corrected chi connectivity index (χ4v) is 2.46. The van der Waals surface area contributed by atoms with E-state index >= 15 is 0 Å². The van der Waals surface area contributed by atoms with E-state index in [4.69, 9.17) is 0 Å². The molecule has 2 aromatic heterocycles. The van der Waals surface area contributed by atoms with E-state index in [0.717, 1.165) is 0 Å². The topological polar surface area (TPSA) is 76.9 Å². The number of para-hydroxylation sites is 1. The maximum absolute atomic E-state index is 12.6. The fraction of sp³-hybridized carbons (Fsp3) is 0.176. The highest BCUT2D eigenvalue weighted by Gasteiger charge is 2.21. The Morgan fingerprint density at radius 3 is 2.70 bits per heavy atom. The number of nitrogens with one attached hydrogen (secondary N) is 1. The number of carbonyl (C=O) groups is 1. The molecule has 6 nitrogen and oxygen atoms in total. The third-order valence-electron chi connectivity index (χ3n) is 3.63. The van der Waals surface area contributed by atoms with Gasteiger partial charge in [-0.3, -0.25) is 14.2 Å². The lowest BCUT2D eigenvalue weighted by molar-refractivity contribution is -0.119. The number of carbonyl (C=O) groups excluding carboxylic acids is 1. The molecule has 0 aliphatic heterocycles. The highest BCUT2D eigenvalue weighted by Crippen LogP contribution is 2.14. The third kappa shape index (κ3) is 2.96. The Kier molecular flexibility index (Phi) is 4.14. The van der Waals surface area contributed by atoms with E-state index in [1.807, 2.05) is 13.0 Å². The van der Waals surface area contributed by atoms with Crippen molar-refractivity contribution in [2.24, 2.45) is 0 Å². The number of benzene rings is 1. The molecule has 116 valence electrons. The molecule has 3 aromatic rings. The lowest BCUT2D eigenvalue weighted by Crippen LogP contribution is -2.33. The number of amides is 1. The quantitative estimate of drug-likeness (QED) is 0.803. The van der Waals surface area contributed by atoms with Crippen LogP contribution >= 0.6 is 0 Å². The maximum Gasteiger partial charge on any atom is 0.261 e. The zero-order valence-electron chi connectivity index (χ0n) is 12.6. The zero-order chi connectivity index (χ0) is 16.2. The molecule has 0 unspecified atom stereocenters. The van der Waals surface area contributed by atoms with Crippen LogP contribution in [0.1, 0.15) is 19.4 Å². The van der Waals surface area contributed by atoms with Crippen LogP contribution in [0.4, 0.5) is 5.82 Å². The number of hydrogen-bond donors (Lipinski definition) is 1. The predicted molar refractivity (Wildman–Crippen MR) is 88.2 cm³/mol. The molecule has 1 atom stereocenters. The van der Waals surface area contributed by atoms with Crippen LogP contribution in [0.15, 0.2) is 59.8 Å². The molecule has 1 N–H and O–H groups in total. The summed E-state index contributed by atoms with van der Waals surface area (Å²) < 4.78 is 1.38. The van der Waals surface area contributed by atoms with Gasteiger partial charge < -0.3 is 5.32 Å². The molecule has 23 heavy (non-hydrogen) atoms. The molecule has 0 radical (unpaired) electrons. The van der Waals surface area contributed by atoms with E-state index in [2.05, 4.69) is 15.3 Å². The van der Waals surface area contributed by atoms with Crippen molar-refractivity contribution < 1.29 is 4.79 Å². The summed E-state index contributed by atoms with van der Waals surface area (Å²) in [4.78, 5) is 33.4. The monoisotopic (exact) mass is 308 g/mol. The standard InChI is InChI=1S/C17H16N4O2/c1-2-14(16(22)20-15-9-5-6-10-18-15)21-11-19-13-8-4-3-7-12(13)17(21)23/h3-11,14H,2H2,1H3,(H,18,20,22)/t14-/m0/s1. The molecule has 0 saturated carbocycles. The first-order chi connectivity index (χ1) is 11.2. The average molecular weight is 308 g/mol. The summed E-state index contributed by atoms with van der Waals surface area (Å²) in [6.07, 6.45) is 3.50. The van der Waals surface area contributed by atoms with E-state index < -0.39 is 6.04 Å². The van der Waals surface area contributed by atoms with Crippen LogP contribution in [0.5, 0.6) is 0 Å². The van der Waals surface area contributed by atoms with Crippen molar-refractivity contribution in [3.63, 3.8) is 0 Å². The van der Waals surface area contributed by atoms with Gasteiger partial charge in [0, 0.05) is 6.20 Å². The summed E-state index contributed by atoms with van der Waals surface area (Å²) in [5, 5.41) is 3.23. The number of anilines is 1. The summed E-state index contributed by atoms with van der Waals surface area (Å²) in [7, 11) is 0. The lowest BCUT2D eigenvalue weighted by Gasteiger charge is -2.17. The van der Waals surface area contributed by atoms with Gasteiger partial charge in [-0.1, -0.05) is 25.1 Å². The first kappa shape index (κ1) is 14.9. The van der Waals surface area contributed by atoms with Crippen LogP contribution in [0.25, 0.3) is 10.9 Å². The van der Waals surface area contributed by atoms with Gasteiger partial charge in [0.25, 0.3) is 5.56 Å². The molecule has 0 fully saturated rings. The van der Waals surface area contributed by atoms with Gasteiger partial charge in [-0.2, -0.15) is 0 Å². The molecule has 2 heterocycles. The lowest BCUT2D eigenvalue weighted by atomic mass is 10.2. The molecular weight excluding hydrogens is 292 g/mol. The number of aromatic nitrogens is 3. The third-order valence-corrected chi connectivity index (χ3v) is 3.63. The molecular formula is C17H16N4O2. The largest absolute Gasteiger partial charge is 0.309 e. The van der Waals surface area contributed by atoms with Gasteiger partial charge in [0.2, 0.25) is 5.91 Å². The first-order valence-corrected chi connectivity index (χ1v) is 7.38. The van der Waals surface area contributed by atoms with E-state index in [-0.39, 0.29) is 11.5 Å². The second-order valence-electron chi connectivity index (χ2n) is 5.10. The normalized spacial score (nSPS) is 12.0. The van der Waals surface area contributed by atoms with Gasteiger partial charge in [0.15, 0.2) is 0 Å². The van der Waals surface area contributed by atoms with Crippen molar-refractivity contribution in [2.75, 3.05) is 5.32 Å². The Morgan fingerprint density at radius 2 is 1.96 bits per heavy atom. The molecule has 6 heteroatoms. The van der Waals surface area contributed by atoms with Gasteiger partial charge in [0.1, 0.15) is 11.9 Å². The van der Waals surface area contributed by atoms with Crippen molar-refractivity contribution in [2.45, 2.75) is 19.4 Å².